The van der Waals surface area contributed by atoms with E-state index in [1.54, 1.807) is 4.90 Å². The summed E-state index contributed by atoms with van der Waals surface area (Å²) in [4.78, 5) is 13.3. The van der Waals surface area contributed by atoms with Gasteiger partial charge in [-0.15, -0.1) is 0 Å². The summed E-state index contributed by atoms with van der Waals surface area (Å²) in [6.07, 6.45) is 0.792. The predicted molar refractivity (Wildman–Crippen MR) is 59.8 cm³/mol. The fourth-order valence-electron chi connectivity index (χ4n) is 1.58. The van der Waals surface area contributed by atoms with Gasteiger partial charge >= 0.3 is 6.09 Å². The van der Waals surface area contributed by atoms with Crippen LogP contribution in [-0.2, 0) is 4.74 Å². The molecule has 1 atom stereocenters. The molecule has 3 nitrogen and oxygen atoms in total. The van der Waals surface area contributed by atoms with Gasteiger partial charge in [0.2, 0.25) is 0 Å². The Morgan fingerprint density at radius 1 is 1.64 bits per heavy atom. The number of ether oxygens (including phenoxy) is 1. The predicted octanol–water partition coefficient (Wildman–Crippen LogP) is 2.17. The Morgan fingerprint density at radius 2 is 2.29 bits per heavy atom. The van der Waals surface area contributed by atoms with Crippen molar-refractivity contribution in [1.29, 1.82) is 0 Å². The second kappa shape index (κ2) is 4.43. The number of hydrogen-bond acceptors (Lipinski definition) is 3. The molecule has 1 amide bonds. The maximum absolute atomic E-state index is 11.5. The molecule has 1 aliphatic heterocycles. The van der Waals surface area contributed by atoms with Gasteiger partial charge in [-0.1, -0.05) is 6.92 Å². The third kappa shape index (κ3) is 2.80. The molecule has 0 aromatic rings. The smallest absolute Gasteiger partial charge is 0.410 e. The van der Waals surface area contributed by atoms with E-state index in [0.29, 0.717) is 0 Å². The van der Waals surface area contributed by atoms with E-state index < -0.39 is 0 Å². The molecule has 0 aromatic carbocycles. The minimum atomic E-state index is -0.189. The minimum Gasteiger partial charge on any atom is -0.447 e. The van der Waals surface area contributed by atoms with Crippen LogP contribution in [0, 0.1) is 5.41 Å². The van der Waals surface area contributed by atoms with Gasteiger partial charge < -0.3 is 9.64 Å². The van der Waals surface area contributed by atoms with Gasteiger partial charge in [-0.2, -0.15) is 12.6 Å². The van der Waals surface area contributed by atoms with Crippen LogP contribution >= 0.6 is 12.6 Å². The average molecular weight is 217 g/mol. The molecule has 0 aromatic heterocycles. The average Bonchev–Trinajstić information content (AvgIpc) is 2.48. The van der Waals surface area contributed by atoms with Crippen molar-refractivity contribution in [1.82, 2.24) is 4.90 Å². The lowest BCUT2D eigenvalue weighted by Crippen LogP contribution is -2.33. The van der Waals surface area contributed by atoms with Crippen molar-refractivity contribution in [3.05, 3.63) is 0 Å². The Hall–Kier alpha value is -0.380. The van der Waals surface area contributed by atoms with Gasteiger partial charge in [0.25, 0.3) is 0 Å². The summed E-state index contributed by atoms with van der Waals surface area (Å²) >= 11 is 4.30. The summed E-state index contributed by atoms with van der Waals surface area (Å²) in [5.41, 5.74) is 0.166. The van der Waals surface area contributed by atoms with Gasteiger partial charge in [0.05, 0.1) is 6.10 Å². The van der Waals surface area contributed by atoms with E-state index in [0.717, 1.165) is 25.3 Å². The number of rotatable bonds is 2. The lowest BCUT2D eigenvalue weighted by molar-refractivity contribution is 0.0811. The van der Waals surface area contributed by atoms with Crippen LogP contribution in [0.15, 0.2) is 0 Å². The highest BCUT2D eigenvalue weighted by molar-refractivity contribution is 7.80. The third-order valence-electron chi connectivity index (χ3n) is 2.53. The number of thiol groups is 1. The number of amides is 1. The molecule has 0 N–H and O–H groups in total. The fraction of sp³-hybridized carbons (Fsp3) is 0.900. The van der Waals surface area contributed by atoms with Gasteiger partial charge in [0.1, 0.15) is 0 Å². The Kier molecular flexibility index (Phi) is 3.70. The minimum absolute atomic E-state index is 0.0367. The first-order chi connectivity index (χ1) is 6.47. The number of nitrogens with zero attached hydrogens (tertiary/aromatic N) is 1. The lowest BCUT2D eigenvalue weighted by Gasteiger charge is -2.22. The summed E-state index contributed by atoms with van der Waals surface area (Å²) in [6.45, 7) is 7.45. The number of carbonyl (C=O) groups excluding carboxylic acids is 1. The number of likely N-dealkylation sites (tertiary alicyclic amines) is 1. The Bertz CT molecular complexity index is 220. The second-order valence-corrected chi connectivity index (χ2v) is 4.89. The van der Waals surface area contributed by atoms with Crippen LogP contribution in [0.3, 0.4) is 0 Å². The topological polar surface area (TPSA) is 29.5 Å². The maximum Gasteiger partial charge on any atom is 0.410 e. The number of hydrogen-bond donors (Lipinski definition) is 1. The zero-order valence-corrected chi connectivity index (χ0v) is 10.0. The first-order valence-corrected chi connectivity index (χ1v) is 5.66. The van der Waals surface area contributed by atoms with Gasteiger partial charge in [-0.3, -0.25) is 0 Å². The van der Waals surface area contributed by atoms with E-state index in [-0.39, 0.29) is 17.6 Å². The standard InChI is InChI=1S/C10H19NO2S/c1-8(2)13-9(12)11-5-4-10(3,6-11)7-14/h8,14H,4-7H2,1-3H3. The van der Waals surface area contributed by atoms with Crippen LogP contribution in [0.25, 0.3) is 0 Å². The quantitative estimate of drug-likeness (QED) is 0.718. The van der Waals surface area contributed by atoms with Gasteiger partial charge in [0, 0.05) is 13.1 Å². The van der Waals surface area contributed by atoms with E-state index in [4.69, 9.17) is 4.74 Å². The lowest BCUT2D eigenvalue weighted by atomic mass is 9.93. The molecule has 0 radical (unpaired) electrons. The number of carbonyl (C=O) groups is 1. The zero-order chi connectivity index (χ0) is 10.8. The molecule has 1 unspecified atom stereocenters. The van der Waals surface area contributed by atoms with Gasteiger partial charge in [-0.05, 0) is 31.4 Å². The summed E-state index contributed by atoms with van der Waals surface area (Å²) < 4.78 is 5.13. The molecule has 0 aliphatic carbocycles. The maximum atomic E-state index is 11.5. The van der Waals surface area contributed by atoms with Crippen molar-refractivity contribution in [2.75, 3.05) is 18.8 Å². The van der Waals surface area contributed by atoms with E-state index in [2.05, 4.69) is 19.6 Å². The molecular weight excluding hydrogens is 198 g/mol. The molecule has 0 spiro atoms. The first-order valence-electron chi connectivity index (χ1n) is 5.03. The van der Waals surface area contributed by atoms with Crippen molar-refractivity contribution in [2.45, 2.75) is 33.3 Å². The van der Waals surface area contributed by atoms with Crippen LogP contribution in [-0.4, -0.2) is 35.9 Å². The zero-order valence-electron chi connectivity index (χ0n) is 9.12. The fourth-order valence-corrected chi connectivity index (χ4v) is 1.84. The van der Waals surface area contributed by atoms with E-state index >= 15 is 0 Å². The Morgan fingerprint density at radius 3 is 2.71 bits per heavy atom. The molecule has 82 valence electrons. The summed E-state index contributed by atoms with van der Waals surface area (Å²) in [6, 6.07) is 0. The summed E-state index contributed by atoms with van der Waals surface area (Å²) in [5.74, 6) is 0.818. The van der Waals surface area contributed by atoms with E-state index in [1.165, 1.54) is 0 Å². The monoisotopic (exact) mass is 217 g/mol. The Labute approximate surface area is 91.2 Å². The molecule has 1 saturated heterocycles. The first kappa shape index (κ1) is 11.7. The van der Waals surface area contributed by atoms with Gasteiger partial charge in [-0.25, -0.2) is 4.79 Å². The van der Waals surface area contributed by atoms with Crippen LogP contribution in [0.1, 0.15) is 27.2 Å². The van der Waals surface area contributed by atoms with E-state index in [1.807, 2.05) is 13.8 Å². The second-order valence-electron chi connectivity index (χ2n) is 4.57. The molecule has 1 fully saturated rings. The van der Waals surface area contributed by atoms with Crippen molar-refractivity contribution in [2.24, 2.45) is 5.41 Å². The van der Waals surface area contributed by atoms with Crippen LogP contribution in [0.4, 0.5) is 4.79 Å². The molecule has 4 heteroatoms. The van der Waals surface area contributed by atoms with E-state index in [9.17, 15) is 4.79 Å². The van der Waals surface area contributed by atoms with Crippen molar-refractivity contribution in [3.63, 3.8) is 0 Å². The van der Waals surface area contributed by atoms with Crippen molar-refractivity contribution in [3.8, 4) is 0 Å². The highest BCUT2D eigenvalue weighted by Crippen LogP contribution is 2.31. The Balaban J connectivity index is 2.46. The largest absolute Gasteiger partial charge is 0.447 e. The SMILES string of the molecule is CC(C)OC(=O)N1CCC(C)(CS)C1. The van der Waals surface area contributed by atoms with Crippen LogP contribution < -0.4 is 0 Å². The molecule has 0 saturated carbocycles. The summed E-state index contributed by atoms with van der Waals surface area (Å²) in [7, 11) is 0. The molecule has 14 heavy (non-hydrogen) atoms. The molecular formula is C10H19NO2S. The highest BCUT2D eigenvalue weighted by atomic mass is 32.1. The van der Waals surface area contributed by atoms with Crippen molar-refractivity contribution >= 4 is 18.7 Å². The van der Waals surface area contributed by atoms with Crippen LogP contribution in [0.2, 0.25) is 0 Å². The molecule has 1 heterocycles. The summed E-state index contributed by atoms with van der Waals surface area (Å²) in [5, 5.41) is 0. The molecule has 1 aliphatic rings. The normalized spacial score (nSPS) is 27.1. The van der Waals surface area contributed by atoms with Gasteiger partial charge in [0.15, 0.2) is 0 Å². The van der Waals surface area contributed by atoms with Crippen LogP contribution in [0.5, 0.6) is 0 Å². The molecule has 0 bridgehead atoms. The highest BCUT2D eigenvalue weighted by Gasteiger charge is 2.35. The third-order valence-corrected chi connectivity index (χ3v) is 3.30. The molecule has 1 rings (SSSR count). The van der Waals surface area contributed by atoms with Crippen molar-refractivity contribution < 1.29 is 9.53 Å².